The molecule has 3 aliphatic rings. The van der Waals surface area contributed by atoms with E-state index in [1.807, 2.05) is 0 Å². The van der Waals surface area contributed by atoms with Crippen molar-refractivity contribution >= 4 is 44.0 Å². The Bertz CT molecular complexity index is 1110. The van der Waals surface area contributed by atoms with Crippen LogP contribution in [0.3, 0.4) is 0 Å². The van der Waals surface area contributed by atoms with Gasteiger partial charge in [0.05, 0.1) is 4.83 Å². The number of halogens is 2. The smallest absolute Gasteiger partial charge is 0.0656 e. The Morgan fingerprint density at radius 2 is 1.68 bits per heavy atom. The molecule has 0 fully saturated rings. The molecular weight excluding hydrogens is 472 g/mol. The predicted octanol–water partition coefficient (Wildman–Crippen LogP) is 8.52. The molecule has 0 saturated heterocycles. The Balaban J connectivity index is 1.44. The molecule has 3 aliphatic carbocycles. The van der Waals surface area contributed by atoms with E-state index in [1.165, 1.54) is 54.6 Å². The summed E-state index contributed by atoms with van der Waals surface area (Å²) in [4.78, 5) is 0.293. The molecule has 2 heteroatoms. The summed E-state index contributed by atoms with van der Waals surface area (Å²) in [6.07, 6.45) is 9.41. The van der Waals surface area contributed by atoms with Crippen LogP contribution in [0.4, 0.5) is 0 Å². The monoisotopic (exact) mass is 492 g/mol. The van der Waals surface area contributed by atoms with Gasteiger partial charge in [0.15, 0.2) is 0 Å². The molecule has 0 heterocycles. The summed E-state index contributed by atoms with van der Waals surface area (Å²) in [7, 11) is 0. The zero-order chi connectivity index (χ0) is 19.4. The van der Waals surface area contributed by atoms with Crippen LogP contribution in [0.5, 0.6) is 0 Å². The maximum atomic E-state index is 3.96. The van der Waals surface area contributed by atoms with Crippen LogP contribution in [0.15, 0.2) is 80.9 Å². The van der Waals surface area contributed by atoms with Crippen LogP contribution in [0, 0.1) is 0 Å². The molecule has 28 heavy (non-hydrogen) atoms. The van der Waals surface area contributed by atoms with Gasteiger partial charge >= 0.3 is 0 Å². The standard InChI is InChI=1S/C26H22Br2/c1-15-12-23-21(8-5-9-25(23)27)18(15)10-11-19-16(2)13-24-22(19)14-17-6-3-4-7-20(17)26(24)28/h3-9,12-14,18,26H,10-11H2,1-2H3. The van der Waals surface area contributed by atoms with Crippen molar-refractivity contribution in [2.24, 2.45) is 0 Å². The van der Waals surface area contributed by atoms with E-state index in [9.17, 15) is 0 Å². The molecule has 0 nitrogen and oxygen atoms in total. The van der Waals surface area contributed by atoms with Crippen molar-refractivity contribution < 1.29 is 0 Å². The molecule has 0 N–H and O–H groups in total. The van der Waals surface area contributed by atoms with Crippen molar-refractivity contribution in [3.8, 4) is 0 Å². The number of fused-ring (bicyclic) bond motifs is 3. The normalized spacial score (nSPS) is 22.4. The Morgan fingerprint density at radius 1 is 0.893 bits per heavy atom. The first-order valence-electron chi connectivity index (χ1n) is 9.88. The largest absolute Gasteiger partial charge is 0.0786 e. The minimum atomic E-state index is 0.293. The van der Waals surface area contributed by atoms with Crippen molar-refractivity contribution in [1.82, 2.24) is 0 Å². The van der Waals surface area contributed by atoms with Crippen molar-refractivity contribution in [2.45, 2.75) is 37.4 Å². The molecule has 0 amide bonds. The zero-order valence-electron chi connectivity index (χ0n) is 16.1. The van der Waals surface area contributed by atoms with Gasteiger partial charge in [-0.2, -0.15) is 0 Å². The fourth-order valence-corrected chi connectivity index (χ4v) is 6.24. The SMILES string of the molecule is CC1=Cc2c(Br)cccc2C1CCC1=C(C)C=C2C1=Cc1ccccc1C2Br. The maximum Gasteiger partial charge on any atom is 0.0656 e. The lowest BCUT2D eigenvalue weighted by Crippen LogP contribution is -2.06. The van der Waals surface area contributed by atoms with E-state index in [1.54, 1.807) is 0 Å². The van der Waals surface area contributed by atoms with Gasteiger partial charge in [0.25, 0.3) is 0 Å². The molecule has 0 radical (unpaired) electrons. The highest BCUT2D eigenvalue weighted by Gasteiger charge is 2.31. The lowest BCUT2D eigenvalue weighted by atomic mass is 9.84. The van der Waals surface area contributed by atoms with Crippen LogP contribution < -0.4 is 0 Å². The molecule has 0 spiro atoms. The molecule has 0 aromatic heterocycles. The average Bonchev–Trinajstić information content (AvgIpc) is 3.18. The summed E-state index contributed by atoms with van der Waals surface area (Å²) in [5.74, 6) is 0.521. The van der Waals surface area contributed by atoms with Gasteiger partial charge in [0, 0.05) is 10.4 Å². The molecule has 2 unspecified atom stereocenters. The van der Waals surface area contributed by atoms with Gasteiger partial charge in [-0.15, -0.1) is 0 Å². The van der Waals surface area contributed by atoms with E-state index in [2.05, 4.69) is 106 Å². The zero-order valence-corrected chi connectivity index (χ0v) is 19.3. The van der Waals surface area contributed by atoms with Gasteiger partial charge in [-0.3, -0.25) is 0 Å². The molecule has 0 aliphatic heterocycles. The van der Waals surface area contributed by atoms with E-state index < -0.39 is 0 Å². The Kier molecular flexibility index (Phi) is 4.60. The summed E-state index contributed by atoms with van der Waals surface area (Å²) in [6.45, 7) is 4.55. The molecule has 2 aromatic rings. The fraction of sp³-hybridized carbons (Fsp3) is 0.231. The number of hydrogen-bond acceptors (Lipinski definition) is 0. The first-order valence-corrected chi connectivity index (χ1v) is 11.6. The number of allylic oxidation sites excluding steroid dienone is 6. The van der Waals surface area contributed by atoms with Crippen LogP contribution in [0.1, 0.15) is 59.7 Å². The van der Waals surface area contributed by atoms with E-state index in [4.69, 9.17) is 0 Å². The molecule has 2 aromatic carbocycles. The summed E-state index contributed by atoms with van der Waals surface area (Å²) in [5, 5.41) is 0. The third-order valence-corrected chi connectivity index (χ3v) is 8.07. The predicted molar refractivity (Wildman–Crippen MR) is 127 cm³/mol. The van der Waals surface area contributed by atoms with Gasteiger partial charge < -0.3 is 0 Å². The van der Waals surface area contributed by atoms with Crippen LogP contribution >= 0.6 is 31.9 Å². The number of rotatable bonds is 3. The topological polar surface area (TPSA) is 0 Å². The van der Waals surface area contributed by atoms with E-state index in [-0.39, 0.29) is 0 Å². The second-order valence-electron chi connectivity index (χ2n) is 8.03. The summed E-state index contributed by atoms with van der Waals surface area (Å²) in [5.41, 5.74) is 12.8. The second kappa shape index (κ2) is 7.00. The van der Waals surface area contributed by atoms with Crippen molar-refractivity contribution in [2.75, 3.05) is 0 Å². The molecule has 140 valence electrons. The first kappa shape index (κ1) is 18.4. The lowest BCUT2D eigenvalue weighted by Gasteiger charge is -2.24. The van der Waals surface area contributed by atoms with Gasteiger partial charge in [-0.1, -0.05) is 86.0 Å². The number of alkyl halides is 1. The highest BCUT2D eigenvalue weighted by atomic mass is 79.9. The number of hydrogen-bond donors (Lipinski definition) is 0. The minimum absolute atomic E-state index is 0.293. The minimum Gasteiger partial charge on any atom is -0.0786 e. The fourth-order valence-electron chi connectivity index (χ4n) is 4.95. The first-order chi connectivity index (χ1) is 13.5. The van der Waals surface area contributed by atoms with Crippen LogP contribution in [0.25, 0.3) is 12.2 Å². The Hall–Kier alpha value is -1.64. The molecule has 0 saturated carbocycles. The number of benzene rings is 2. The quantitative estimate of drug-likeness (QED) is 0.376. The molecule has 5 rings (SSSR count). The lowest BCUT2D eigenvalue weighted by molar-refractivity contribution is 0.712. The molecular formula is C26H22Br2. The van der Waals surface area contributed by atoms with Crippen LogP contribution in [-0.4, -0.2) is 0 Å². The van der Waals surface area contributed by atoms with Gasteiger partial charge in [-0.25, -0.2) is 0 Å². The highest BCUT2D eigenvalue weighted by molar-refractivity contribution is 9.10. The van der Waals surface area contributed by atoms with E-state index >= 15 is 0 Å². The summed E-state index contributed by atoms with van der Waals surface area (Å²) < 4.78 is 1.21. The third-order valence-electron chi connectivity index (χ3n) is 6.39. The van der Waals surface area contributed by atoms with Crippen LogP contribution in [0.2, 0.25) is 0 Å². The van der Waals surface area contributed by atoms with Gasteiger partial charge in [-0.05, 0) is 83.4 Å². The maximum absolute atomic E-state index is 3.96. The van der Waals surface area contributed by atoms with Crippen molar-refractivity contribution in [3.63, 3.8) is 0 Å². The van der Waals surface area contributed by atoms with E-state index in [0.29, 0.717) is 10.7 Å². The Morgan fingerprint density at radius 3 is 2.54 bits per heavy atom. The highest BCUT2D eigenvalue weighted by Crippen LogP contribution is 2.50. The van der Waals surface area contributed by atoms with Crippen molar-refractivity contribution in [1.29, 1.82) is 0 Å². The molecule has 0 bridgehead atoms. The van der Waals surface area contributed by atoms with Crippen molar-refractivity contribution in [3.05, 3.63) is 103 Å². The van der Waals surface area contributed by atoms with Gasteiger partial charge in [0.1, 0.15) is 0 Å². The third kappa shape index (κ3) is 2.84. The van der Waals surface area contributed by atoms with E-state index in [0.717, 1.165) is 12.8 Å². The van der Waals surface area contributed by atoms with Gasteiger partial charge in [0.2, 0.25) is 0 Å². The molecule has 2 atom stereocenters. The average molecular weight is 494 g/mol. The Labute approximate surface area is 184 Å². The second-order valence-corrected chi connectivity index (χ2v) is 9.80. The van der Waals surface area contributed by atoms with Crippen LogP contribution in [-0.2, 0) is 0 Å². The summed E-state index contributed by atoms with van der Waals surface area (Å²) >= 11 is 7.68. The summed E-state index contributed by atoms with van der Waals surface area (Å²) in [6, 6.07) is 15.3.